The third-order valence-electron chi connectivity index (χ3n) is 3.09. The second kappa shape index (κ2) is 5.23. The van der Waals surface area contributed by atoms with Crippen molar-refractivity contribution in [2.75, 3.05) is 24.6 Å². The van der Waals surface area contributed by atoms with Gasteiger partial charge in [0.2, 0.25) is 10.0 Å². The van der Waals surface area contributed by atoms with Crippen molar-refractivity contribution >= 4 is 19.9 Å². The minimum atomic E-state index is -3.64. The van der Waals surface area contributed by atoms with Gasteiger partial charge in [-0.25, -0.2) is 16.8 Å². The Balaban J connectivity index is 2.24. The van der Waals surface area contributed by atoms with E-state index >= 15 is 0 Å². The molecule has 0 aromatic carbocycles. The summed E-state index contributed by atoms with van der Waals surface area (Å²) >= 11 is 0. The molecule has 1 fully saturated rings. The van der Waals surface area contributed by atoms with Crippen LogP contribution in [-0.4, -0.2) is 50.7 Å². The Kier molecular flexibility index (Phi) is 4.00. The average Bonchev–Trinajstić information content (AvgIpc) is 2.75. The second-order valence-electron chi connectivity index (χ2n) is 4.47. The van der Waals surface area contributed by atoms with Crippen LogP contribution in [0.5, 0.6) is 0 Å². The molecule has 1 aromatic heterocycles. The minimum absolute atomic E-state index is 0.00774. The molecule has 1 aliphatic heterocycles. The number of hydrogen-bond donors (Lipinski definition) is 2. The van der Waals surface area contributed by atoms with Crippen LogP contribution in [0.25, 0.3) is 0 Å². The molecule has 1 saturated heterocycles. The van der Waals surface area contributed by atoms with Crippen LogP contribution in [0.3, 0.4) is 0 Å². The lowest BCUT2D eigenvalue weighted by molar-refractivity contribution is 0.435. The summed E-state index contributed by atoms with van der Waals surface area (Å²) in [6, 6.07) is 1.48. The SMILES string of the molecule is NCc1cc(S(=O)(=O)N2CCCS(=O)(=O)CC2)c[nH]1. The van der Waals surface area contributed by atoms with Gasteiger partial charge in [-0.1, -0.05) is 0 Å². The van der Waals surface area contributed by atoms with Crippen molar-refractivity contribution in [1.29, 1.82) is 0 Å². The van der Waals surface area contributed by atoms with Gasteiger partial charge in [0.15, 0.2) is 9.84 Å². The quantitative estimate of drug-likeness (QED) is 0.765. The van der Waals surface area contributed by atoms with E-state index in [4.69, 9.17) is 5.73 Å². The van der Waals surface area contributed by atoms with Crippen molar-refractivity contribution in [3.05, 3.63) is 18.0 Å². The van der Waals surface area contributed by atoms with Crippen LogP contribution in [0.1, 0.15) is 12.1 Å². The Morgan fingerprint density at radius 3 is 2.68 bits per heavy atom. The normalized spacial score (nSPS) is 21.1. The van der Waals surface area contributed by atoms with Crippen LogP contribution in [-0.2, 0) is 26.4 Å². The molecule has 0 atom stereocenters. The zero-order valence-electron chi connectivity index (χ0n) is 10.4. The number of sulfone groups is 1. The van der Waals surface area contributed by atoms with E-state index in [0.717, 1.165) is 0 Å². The third-order valence-corrected chi connectivity index (χ3v) is 6.68. The van der Waals surface area contributed by atoms with Crippen molar-refractivity contribution in [1.82, 2.24) is 9.29 Å². The summed E-state index contributed by atoms with van der Waals surface area (Å²) in [6.45, 7) is 0.461. The number of hydrogen-bond acceptors (Lipinski definition) is 5. The van der Waals surface area contributed by atoms with Gasteiger partial charge in [0.25, 0.3) is 0 Å². The van der Waals surface area contributed by atoms with E-state index in [-0.39, 0.29) is 36.0 Å². The summed E-state index contributed by atoms with van der Waals surface area (Å²) in [4.78, 5) is 2.92. The molecule has 0 amide bonds. The van der Waals surface area contributed by atoms with Gasteiger partial charge in [-0.05, 0) is 12.5 Å². The smallest absolute Gasteiger partial charge is 0.244 e. The van der Waals surface area contributed by atoms with Gasteiger partial charge in [-0.2, -0.15) is 4.31 Å². The van der Waals surface area contributed by atoms with Crippen molar-refractivity contribution in [2.24, 2.45) is 5.73 Å². The molecule has 9 heteroatoms. The van der Waals surface area contributed by atoms with E-state index in [2.05, 4.69) is 4.98 Å². The number of aromatic amines is 1. The van der Waals surface area contributed by atoms with Gasteiger partial charge in [0.05, 0.1) is 16.4 Å². The van der Waals surface area contributed by atoms with Crippen LogP contribution in [0.4, 0.5) is 0 Å². The van der Waals surface area contributed by atoms with E-state index in [1.165, 1.54) is 16.6 Å². The van der Waals surface area contributed by atoms with Crippen LogP contribution in [0.15, 0.2) is 17.2 Å². The molecule has 19 heavy (non-hydrogen) atoms. The molecule has 0 unspecified atom stereocenters. The molecule has 2 heterocycles. The van der Waals surface area contributed by atoms with Gasteiger partial charge < -0.3 is 10.7 Å². The first-order chi connectivity index (χ1) is 8.85. The Hall–Kier alpha value is -0.900. The first kappa shape index (κ1) is 14.5. The molecule has 108 valence electrons. The van der Waals surface area contributed by atoms with Crippen molar-refractivity contribution in [2.45, 2.75) is 17.9 Å². The van der Waals surface area contributed by atoms with E-state index in [9.17, 15) is 16.8 Å². The monoisotopic (exact) mass is 307 g/mol. The summed E-state index contributed by atoms with van der Waals surface area (Å²) in [5.41, 5.74) is 6.05. The summed E-state index contributed by atoms with van der Waals surface area (Å²) in [5.74, 6) is -0.0827. The lowest BCUT2D eigenvalue weighted by atomic mass is 10.4. The largest absolute Gasteiger partial charge is 0.363 e. The van der Waals surface area contributed by atoms with Gasteiger partial charge in [-0.15, -0.1) is 0 Å². The highest BCUT2D eigenvalue weighted by molar-refractivity contribution is 7.91. The highest BCUT2D eigenvalue weighted by Gasteiger charge is 2.29. The molecule has 0 saturated carbocycles. The fourth-order valence-corrected chi connectivity index (χ4v) is 4.88. The molecule has 7 nitrogen and oxygen atoms in total. The Bertz CT molecular complexity index is 648. The number of sulfonamides is 1. The van der Waals surface area contributed by atoms with Crippen LogP contribution in [0.2, 0.25) is 0 Å². The fraction of sp³-hybridized carbons (Fsp3) is 0.600. The lowest BCUT2D eigenvalue weighted by Crippen LogP contribution is -2.33. The topological polar surface area (TPSA) is 113 Å². The molecular formula is C10H17N3O4S2. The van der Waals surface area contributed by atoms with Crippen LogP contribution >= 0.6 is 0 Å². The Labute approximate surface area is 112 Å². The average molecular weight is 307 g/mol. The van der Waals surface area contributed by atoms with E-state index in [0.29, 0.717) is 12.1 Å². The number of H-pyrrole nitrogens is 1. The number of aromatic nitrogens is 1. The molecule has 0 spiro atoms. The Morgan fingerprint density at radius 1 is 1.32 bits per heavy atom. The predicted molar refractivity (Wildman–Crippen MR) is 70.7 cm³/mol. The highest BCUT2D eigenvalue weighted by atomic mass is 32.2. The first-order valence-corrected chi connectivity index (χ1v) is 9.19. The van der Waals surface area contributed by atoms with Crippen LogP contribution < -0.4 is 5.73 Å². The van der Waals surface area contributed by atoms with E-state index in [1.807, 2.05) is 0 Å². The summed E-state index contributed by atoms with van der Waals surface area (Å²) < 4.78 is 48.9. The summed E-state index contributed by atoms with van der Waals surface area (Å²) in [5, 5.41) is 0. The van der Waals surface area contributed by atoms with E-state index < -0.39 is 19.9 Å². The maximum absolute atomic E-state index is 12.4. The van der Waals surface area contributed by atoms with Crippen molar-refractivity contribution in [3.63, 3.8) is 0 Å². The highest BCUT2D eigenvalue weighted by Crippen LogP contribution is 2.19. The van der Waals surface area contributed by atoms with Gasteiger partial charge in [-0.3, -0.25) is 0 Å². The molecular weight excluding hydrogens is 290 g/mol. The van der Waals surface area contributed by atoms with E-state index in [1.54, 1.807) is 0 Å². The Morgan fingerprint density at radius 2 is 2.05 bits per heavy atom. The number of nitrogens with one attached hydrogen (secondary N) is 1. The molecule has 2 rings (SSSR count). The molecule has 0 bridgehead atoms. The van der Waals surface area contributed by atoms with Gasteiger partial charge in [0, 0.05) is 31.5 Å². The second-order valence-corrected chi connectivity index (χ2v) is 8.72. The molecule has 0 radical (unpaired) electrons. The van der Waals surface area contributed by atoms with Gasteiger partial charge in [0.1, 0.15) is 0 Å². The molecule has 1 aliphatic rings. The number of rotatable bonds is 3. The zero-order valence-corrected chi connectivity index (χ0v) is 12.0. The summed E-state index contributed by atoms with van der Waals surface area (Å²) in [7, 11) is -6.77. The fourth-order valence-electron chi connectivity index (χ4n) is 1.99. The number of nitrogens with two attached hydrogens (primary N) is 1. The third kappa shape index (κ3) is 3.16. The van der Waals surface area contributed by atoms with Gasteiger partial charge >= 0.3 is 0 Å². The summed E-state index contributed by atoms with van der Waals surface area (Å²) in [6.07, 6.45) is 1.71. The predicted octanol–water partition coefficient (Wildman–Crippen LogP) is -0.717. The van der Waals surface area contributed by atoms with Crippen LogP contribution in [0, 0.1) is 0 Å². The maximum atomic E-state index is 12.4. The van der Waals surface area contributed by atoms with Crippen molar-refractivity contribution < 1.29 is 16.8 Å². The standard InChI is InChI=1S/C10H17N3O4S2/c11-7-9-6-10(8-12-9)19(16,17)13-2-1-4-18(14,15)5-3-13/h6,8,12H,1-5,7,11H2. The number of nitrogens with zero attached hydrogens (tertiary/aromatic N) is 1. The minimum Gasteiger partial charge on any atom is -0.363 e. The lowest BCUT2D eigenvalue weighted by Gasteiger charge is -2.18. The molecule has 1 aromatic rings. The molecule has 3 N–H and O–H groups in total. The molecule has 0 aliphatic carbocycles. The zero-order chi connectivity index (χ0) is 14.1. The first-order valence-electron chi connectivity index (χ1n) is 5.93. The van der Waals surface area contributed by atoms with Crippen molar-refractivity contribution in [3.8, 4) is 0 Å². The maximum Gasteiger partial charge on any atom is 0.244 e.